The number of hydrogen-bond acceptors (Lipinski definition) is 7. The third-order valence-electron chi connectivity index (χ3n) is 5.99. The van der Waals surface area contributed by atoms with Crippen molar-refractivity contribution in [3.8, 4) is 17.0 Å². The second-order valence-electron chi connectivity index (χ2n) is 8.18. The molecule has 4 heterocycles. The number of fused-ring (bicyclic) bond motifs is 1. The fourth-order valence-electron chi connectivity index (χ4n) is 4.27. The number of hydrogen-bond donors (Lipinski definition) is 0. The van der Waals surface area contributed by atoms with Gasteiger partial charge in [-0.2, -0.15) is 18.2 Å². The molecule has 0 atom stereocenters. The molecule has 0 bridgehead atoms. The van der Waals surface area contributed by atoms with Gasteiger partial charge in [-0.3, -0.25) is 0 Å². The van der Waals surface area contributed by atoms with Crippen molar-refractivity contribution in [1.29, 1.82) is 0 Å². The standard InChI is InChI=1S/C25H23F3N6O/c1-35-21-10-11-29-24(32-21)34-13-5-12-33(14-15-34)23-18-8-9-20(25(26,27)28)31-22(18)19(16-30-23)17-6-3-2-4-7-17/h2-4,6-11,16H,5,12-15H2,1H3. The average Bonchev–Trinajstić information content (AvgIpc) is 3.14. The maximum absolute atomic E-state index is 13.5. The van der Waals surface area contributed by atoms with Gasteiger partial charge < -0.3 is 14.5 Å². The lowest BCUT2D eigenvalue weighted by molar-refractivity contribution is -0.140. The Hall–Kier alpha value is -3.95. The molecule has 0 N–H and O–H groups in total. The highest BCUT2D eigenvalue weighted by molar-refractivity contribution is 5.99. The summed E-state index contributed by atoms with van der Waals surface area (Å²) in [4.78, 5) is 21.7. The van der Waals surface area contributed by atoms with Crippen molar-refractivity contribution in [2.24, 2.45) is 0 Å². The van der Waals surface area contributed by atoms with Crippen LogP contribution in [0.15, 0.2) is 60.9 Å². The molecule has 7 nitrogen and oxygen atoms in total. The second kappa shape index (κ2) is 9.36. The van der Waals surface area contributed by atoms with Crippen LogP contribution in [0, 0.1) is 0 Å². The number of rotatable bonds is 4. The van der Waals surface area contributed by atoms with E-state index in [4.69, 9.17) is 9.72 Å². The van der Waals surface area contributed by atoms with E-state index in [2.05, 4.69) is 24.8 Å². The van der Waals surface area contributed by atoms with Gasteiger partial charge in [0.25, 0.3) is 0 Å². The van der Waals surface area contributed by atoms with E-state index in [0.717, 1.165) is 24.6 Å². The average molecular weight is 480 g/mol. The smallest absolute Gasteiger partial charge is 0.433 e. The number of ether oxygens (including phenoxy) is 1. The zero-order valence-corrected chi connectivity index (χ0v) is 19.0. The molecular formula is C25H23F3N6O. The van der Waals surface area contributed by atoms with E-state index >= 15 is 0 Å². The monoisotopic (exact) mass is 480 g/mol. The summed E-state index contributed by atoms with van der Waals surface area (Å²) in [5.41, 5.74) is 0.696. The predicted molar refractivity (Wildman–Crippen MR) is 128 cm³/mol. The molecule has 1 saturated heterocycles. The molecule has 4 aromatic rings. The summed E-state index contributed by atoms with van der Waals surface area (Å²) in [5.74, 6) is 1.70. The molecule has 1 aromatic carbocycles. The minimum absolute atomic E-state index is 0.285. The van der Waals surface area contributed by atoms with Crippen molar-refractivity contribution in [2.45, 2.75) is 12.6 Å². The van der Waals surface area contributed by atoms with Crippen molar-refractivity contribution in [1.82, 2.24) is 19.9 Å². The lowest BCUT2D eigenvalue weighted by atomic mass is 10.0. The summed E-state index contributed by atoms with van der Waals surface area (Å²) in [6, 6.07) is 13.4. The molecule has 1 fully saturated rings. The van der Waals surface area contributed by atoms with Crippen LogP contribution in [0.4, 0.5) is 24.9 Å². The summed E-state index contributed by atoms with van der Waals surface area (Å²) in [6.45, 7) is 2.66. The van der Waals surface area contributed by atoms with Gasteiger partial charge in [-0.15, -0.1) is 0 Å². The zero-order chi connectivity index (χ0) is 24.4. The molecule has 35 heavy (non-hydrogen) atoms. The third kappa shape index (κ3) is 4.68. The Morgan fingerprint density at radius 1 is 0.857 bits per heavy atom. The Labute approximate surface area is 200 Å². The lowest BCUT2D eigenvalue weighted by Crippen LogP contribution is -2.32. The summed E-state index contributed by atoms with van der Waals surface area (Å²) in [7, 11) is 1.56. The second-order valence-corrected chi connectivity index (χ2v) is 8.18. The van der Waals surface area contributed by atoms with Crippen molar-refractivity contribution < 1.29 is 17.9 Å². The number of methoxy groups -OCH3 is 1. The zero-order valence-electron chi connectivity index (χ0n) is 19.0. The maximum atomic E-state index is 13.5. The fourth-order valence-corrected chi connectivity index (χ4v) is 4.27. The van der Waals surface area contributed by atoms with Crippen molar-refractivity contribution in [2.75, 3.05) is 43.1 Å². The van der Waals surface area contributed by atoms with Crippen LogP contribution in [0.1, 0.15) is 12.1 Å². The van der Waals surface area contributed by atoms with E-state index < -0.39 is 11.9 Å². The molecular weight excluding hydrogens is 457 g/mol. The van der Waals surface area contributed by atoms with Gasteiger partial charge in [0.2, 0.25) is 11.8 Å². The molecule has 1 aliphatic rings. The van der Waals surface area contributed by atoms with E-state index in [9.17, 15) is 13.2 Å². The van der Waals surface area contributed by atoms with E-state index in [1.165, 1.54) is 6.07 Å². The summed E-state index contributed by atoms with van der Waals surface area (Å²) in [5, 5.41) is 0.588. The Kier molecular flexibility index (Phi) is 6.10. The predicted octanol–water partition coefficient (Wildman–Crippen LogP) is 4.83. The van der Waals surface area contributed by atoms with Crippen molar-refractivity contribution >= 4 is 22.7 Å². The molecule has 1 aliphatic heterocycles. The first kappa shape index (κ1) is 22.8. The van der Waals surface area contributed by atoms with Gasteiger partial charge in [0.15, 0.2) is 0 Å². The fraction of sp³-hybridized carbons (Fsp3) is 0.280. The largest absolute Gasteiger partial charge is 0.481 e. The number of benzene rings is 1. The number of nitrogens with zero attached hydrogens (tertiary/aromatic N) is 6. The number of anilines is 2. The Bertz CT molecular complexity index is 1330. The van der Waals surface area contributed by atoms with Crippen molar-refractivity contribution in [3.63, 3.8) is 0 Å². The van der Waals surface area contributed by atoms with Gasteiger partial charge >= 0.3 is 6.18 Å². The first-order chi connectivity index (χ1) is 16.9. The van der Waals surface area contributed by atoms with Crippen LogP contribution < -0.4 is 14.5 Å². The molecule has 0 amide bonds. The molecule has 0 aliphatic carbocycles. The van der Waals surface area contributed by atoms with Crippen LogP contribution in [0.3, 0.4) is 0 Å². The van der Waals surface area contributed by atoms with Crippen LogP contribution in [0.5, 0.6) is 5.88 Å². The van der Waals surface area contributed by atoms with Crippen LogP contribution in [-0.4, -0.2) is 53.2 Å². The minimum atomic E-state index is -4.54. The summed E-state index contributed by atoms with van der Waals surface area (Å²) >= 11 is 0. The Morgan fingerprint density at radius 2 is 1.63 bits per heavy atom. The number of alkyl halides is 3. The quantitative estimate of drug-likeness (QED) is 0.414. The van der Waals surface area contributed by atoms with Gasteiger partial charge in [0.05, 0.1) is 12.6 Å². The summed E-state index contributed by atoms with van der Waals surface area (Å²) < 4.78 is 45.7. The van der Waals surface area contributed by atoms with Gasteiger partial charge in [0.1, 0.15) is 11.5 Å². The van der Waals surface area contributed by atoms with Gasteiger partial charge in [0, 0.05) is 55.6 Å². The molecule has 0 spiro atoms. The normalized spacial score (nSPS) is 14.7. The van der Waals surface area contributed by atoms with Crippen LogP contribution in [-0.2, 0) is 6.18 Å². The Balaban J connectivity index is 1.52. The van der Waals surface area contributed by atoms with E-state index in [-0.39, 0.29) is 5.52 Å². The molecule has 0 radical (unpaired) electrons. The van der Waals surface area contributed by atoms with Crippen LogP contribution in [0.2, 0.25) is 0 Å². The highest BCUT2D eigenvalue weighted by atomic mass is 19.4. The molecule has 3 aromatic heterocycles. The number of halogens is 3. The van der Waals surface area contributed by atoms with E-state index in [1.807, 2.05) is 30.3 Å². The molecule has 180 valence electrons. The molecule has 10 heteroatoms. The number of pyridine rings is 2. The minimum Gasteiger partial charge on any atom is -0.481 e. The van der Waals surface area contributed by atoms with E-state index in [1.54, 1.807) is 25.6 Å². The third-order valence-corrected chi connectivity index (χ3v) is 5.99. The molecule has 5 rings (SSSR count). The molecule has 0 saturated carbocycles. The highest BCUT2D eigenvalue weighted by Crippen LogP contribution is 2.36. The first-order valence-electron chi connectivity index (χ1n) is 11.2. The van der Waals surface area contributed by atoms with E-state index in [0.29, 0.717) is 48.2 Å². The lowest BCUT2D eigenvalue weighted by Gasteiger charge is -2.24. The van der Waals surface area contributed by atoms with Gasteiger partial charge in [-0.25, -0.2) is 15.0 Å². The maximum Gasteiger partial charge on any atom is 0.433 e. The van der Waals surface area contributed by atoms with Crippen molar-refractivity contribution in [3.05, 3.63) is 66.6 Å². The topological polar surface area (TPSA) is 67.3 Å². The van der Waals surface area contributed by atoms with Crippen LogP contribution >= 0.6 is 0 Å². The first-order valence-corrected chi connectivity index (χ1v) is 11.2. The van der Waals surface area contributed by atoms with Crippen LogP contribution in [0.25, 0.3) is 22.0 Å². The summed E-state index contributed by atoms with van der Waals surface area (Å²) in [6.07, 6.45) is -0.456. The molecule has 0 unspecified atom stereocenters. The SMILES string of the molecule is COc1ccnc(N2CCCN(c3ncc(-c4ccccc4)c4nc(C(F)(F)F)ccc34)CC2)n1. The van der Waals surface area contributed by atoms with Gasteiger partial charge in [-0.05, 0) is 24.1 Å². The Morgan fingerprint density at radius 3 is 2.40 bits per heavy atom. The number of aromatic nitrogens is 4. The highest BCUT2D eigenvalue weighted by Gasteiger charge is 2.33. The van der Waals surface area contributed by atoms with Gasteiger partial charge in [-0.1, -0.05) is 30.3 Å².